The van der Waals surface area contributed by atoms with Crippen molar-refractivity contribution < 1.29 is 17.8 Å². The van der Waals surface area contributed by atoms with E-state index in [2.05, 4.69) is 5.32 Å². The molecule has 0 saturated carbocycles. The quantitative estimate of drug-likeness (QED) is 0.808. The Labute approximate surface area is 139 Å². The maximum absolute atomic E-state index is 12.0. The number of benzene rings is 2. The number of carbonyl (C=O) groups excluding carboxylic acids is 1. The van der Waals surface area contributed by atoms with Crippen LogP contribution in [0, 0.1) is 6.92 Å². The largest absolute Gasteiger partial charge is 0.360 e. The third-order valence-electron chi connectivity index (χ3n) is 3.00. The third-order valence-corrected chi connectivity index (χ3v) is 4.13. The minimum atomic E-state index is -4.58. The van der Waals surface area contributed by atoms with Crippen molar-refractivity contribution in [3.05, 3.63) is 59.1 Å². The highest BCUT2D eigenvalue weighted by atomic mass is 35.5. The van der Waals surface area contributed by atoms with Crippen molar-refractivity contribution in [2.75, 3.05) is 16.2 Å². The van der Waals surface area contributed by atoms with E-state index in [0.717, 1.165) is 5.56 Å². The first-order valence-electron chi connectivity index (χ1n) is 6.63. The van der Waals surface area contributed by atoms with Crippen LogP contribution in [0.1, 0.15) is 5.56 Å². The lowest BCUT2D eigenvalue weighted by Crippen LogP contribution is -2.37. The molecule has 0 atom stereocenters. The number of hydrogen-bond donors (Lipinski definition) is 2. The Morgan fingerprint density at radius 2 is 1.87 bits per heavy atom. The zero-order valence-corrected chi connectivity index (χ0v) is 13.8. The molecule has 2 rings (SSSR count). The van der Waals surface area contributed by atoms with Gasteiger partial charge in [0, 0.05) is 10.7 Å². The number of halogens is 1. The topological polar surface area (TPSA) is 86.7 Å². The van der Waals surface area contributed by atoms with E-state index in [1.807, 2.05) is 6.92 Å². The Morgan fingerprint density at radius 1 is 1.22 bits per heavy atom. The molecule has 2 aromatic rings. The van der Waals surface area contributed by atoms with E-state index >= 15 is 0 Å². The van der Waals surface area contributed by atoms with E-state index in [-0.39, 0.29) is 5.69 Å². The minimum absolute atomic E-state index is 0.194. The molecule has 0 fully saturated rings. The number of nitrogens with one attached hydrogen (secondary N) is 1. The van der Waals surface area contributed by atoms with Crippen LogP contribution in [0.5, 0.6) is 0 Å². The molecular formula is C15H15ClN2O4S. The predicted octanol–water partition coefficient (Wildman–Crippen LogP) is 2.90. The first kappa shape index (κ1) is 17.3. The molecule has 2 N–H and O–H groups in total. The van der Waals surface area contributed by atoms with Crippen LogP contribution in [0.15, 0.2) is 48.5 Å². The second-order valence-electron chi connectivity index (χ2n) is 4.88. The Bertz CT molecular complexity index is 806. The summed E-state index contributed by atoms with van der Waals surface area (Å²) in [5, 5.41) is 2.96. The first-order chi connectivity index (χ1) is 10.8. The van der Waals surface area contributed by atoms with Gasteiger partial charge >= 0.3 is 10.3 Å². The summed E-state index contributed by atoms with van der Waals surface area (Å²) in [7, 11) is -4.58. The zero-order chi connectivity index (χ0) is 17.0. The fourth-order valence-electron chi connectivity index (χ4n) is 1.91. The zero-order valence-electron chi connectivity index (χ0n) is 12.2. The van der Waals surface area contributed by atoms with Gasteiger partial charge in [0.2, 0.25) is 5.91 Å². The van der Waals surface area contributed by atoms with Gasteiger partial charge in [-0.1, -0.05) is 35.4 Å². The van der Waals surface area contributed by atoms with Crippen LogP contribution in [0.2, 0.25) is 5.02 Å². The lowest BCUT2D eigenvalue weighted by molar-refractivity contribution is -0.114. The second kappa shape index (κ2) is 6.99. The standard InChI is InChI=1S/C15H15ClN2O4S/c1-11-5-7-14(8-6-11)18(23(20,21)22)10-15(19)17-13-4-2-3-12(16)9-13/h2-9H,10H2,1H3,(H,17,19)(H,20,21,22). The minimum Gasteiger partial charge on any atom is -0.324 e. The van der Waals surface area contributed by atoms with Crippen molar-refractivity contribution in [2.24, 2.45) is 0 Å². The number of rotatable bonds is 5. The third kappa shape index (κ3) is 4.95. The summed E-state index contributed by atoms with van der Waals surface area (Å²) < 4.78 is 33.1. The fourth-order valence-corrected chi connectivity index (χ4v) is 2.77. The van der Waals surface area contributed by atoms with Crippen molar-refractivity contribution in [1.29, 1.82) is 0 Å². The predicted molar refractivity (Wildman–Crippen MR) is 90.2 cm³/mol. The van der Waals surface area contributed by atoms with Crippen LogP contribution in [0.25, 0.3) is 0 Å². The molecule has 122 valence electrons. The molecule has 0 aromatic heterocycles. The van der Waals surface area contributed by atoms with E-state index in [1.165, 1.54) is 18.2 Å². The summed E-state index contributed by atoms with van der Waals surface area (Å²) in [5.74, 6) is -0.606. The molecule has 0 spiro atoms. The second-order valence-corrected chi connectivity index (χ2v) is 6.65. The molecule has 0 aliphatic heterocycles. The van der Waals surface area contributed by atoms with Gasteiger partial charge in [-0.05, 0) is 37.3 Å². The maximum atomic E-state index is 12.0. The van der Waals surface area contributed by atoms with Gasteiger partial charge in [-0.2, -0.15) is 8.42 Å². The van der Waals surface area contributed by atoms with Crippen LogP contribution in [-0.4, -0.2) is 25.4 Å². The SMILES string of the molecule is Cc1ccc(N(CC(=O)Nc2cccc(Cl)c2)S(=O)(=O)O)cc1. The van der Waals surface area contributed by atoms with Crippen LogP contribution >= 0.6 is 11.6 Å². The molecule has 0 heterocycles. The Morgan fingerprint density at radius 3 is 2.43 bits per heavy atom. The highest BCUT2D eigenvalue weighted by molar-refractivity contribution is 7.87. The summed E-state index contributed by atoms with van der Waals surface area (Å²) in [4.78, 5) is 12.0. The van der Waals surface area contributed by atoms with E-state index in [0.29, 0.717) is 15.0 Å². The van der Waals surface area contributed by atoms with Crippen molar-refractivity contribution in [1.82, 2.24) is 0 Å². The molecular weight excluding hydrogens is 340 g/mol. The molecule has 6 nitrogen and oxygen atoms in total. The molecule has 2 aromatic carbocycles. The van der Waals surface area contributed by atoms with Crippen LogP contribution < -0.4 is 9.62 Å². The maximum Gasteiger partial charge on any atom is 0.360 e. The number of amides is 1. The van der Waals surface area contributed by atoms with Crippen LogP contribution in [0.4, 0.5) is 11.4 Å². The van der Waals surface area contributed by atoms with Gasteiger partial charge in [-0.15, -0.1) is 0 Å². The summed E-state index contributed by atoms with van der Waals surface area (Å²) in [5.41, 5.74) is 1.55. The molecule has 0 saturated heterocycles. The van der Waals surface area contributed by atoms with Gasteiger partial charge in [0.1, 0.15) is 6.54 Å². The first-order valence-corrected chi connectivity index (χ1v) is 8.40. The van der Waals surface area contributed by atoms with Crippen molar-refractivity contribution >= 4 is 39.2 Å². The summed E-state index contributed by atoms with van der Waals surface area (Å²) in [6.45, 7) is 1.28. The van der Waals surface area contributed by atoms with Gasteiger partial charge in [0.05, 0.1) is 5.69 Å². The normalized spacial score (nSPS) is 11.1. The number of hydrogen-bond acceptors (Lipinski definition) is 3. The number of nitrogens with zero attached hydrogens (tertiary/aromatic N) is 1. The van der Waals surface area contributed by atoms with Gasteiger partial charge < -0.3 is 5.32 Å². The lowest BCUT2D eigenvalue weighted by atomic mass is 10.2. The van der Waals surface area contributed by atoms with Gasteiger partial charge in [0.25, 0.3) is 0 Å². The van der Waals surface area contributed by atoms with Crippen molar-refractivity contribution in [2.45, 2.75) is 6.92 Å². The highest BCUT2D eigenvalue weighted by Crippen LogP contribution is 2.19. The highest BCUT2D eigenvalue weighted by Gasteiger charge is 2.22. The molecule has 23 heavy (non-hydrogen) atoms. The molecule has 0 aliphatic rings. The van der Waals surface area contributed by atoms with Crippen LogP contribution in [-0.2, 0) is 15.1 Å². The monoisotopic (exact) mass is 354 g/mol. The number of aryl methyl sites for hydroxylation is 1. The number of carbonyl (C=O) groups is 1. The molecule has 1 amide bonds. The molecule has 0 bridgehead atoms. The van der Waals surface area contributed by atoms with E-state index < -0.39 is 22.8 Å². The molecule has 0 aliphatic carbocycles. The van der Waals surface area contributed by atoms with E-state index in [4.69, 9.17) is 11.6 Å². The average Bonchev–Trinajstić information content (AvgIpc) is 2.45. The smallest absolute Gasteiger partial charge is 0.324 e. The average molecular weight is 355 g/mol. The van der Waals surface area contributed by atoms with Gasteiger partial charge in [-0.25, -0.2) is 4.31 Å². The van der Waals surface area contributed by atoms with Crippen molar-refractivity contribution in [3.8, 4) is 0 Å². The Kier molecular flexibility index (Phi) is 5.25. The van der Waals surface area contributed by atoms with Gasteiger partial charge in [0.15, 0.2) is 0 Å². The molecule has 8 heteroatoms. The van der Waals surface area contributed by atoms with E-state index in [9.17, 15) is 17.8 Å². The Balaban J connectivity index is 2.18. The summed E-state index contributed by atoms with van der Waals surface area (Å²) in [6.07, 6.45) is 0. The summed E-state index contributed by atoms with van der Waals surface area (Å²) in [6, 6.07) is 12.8. The van der Waals surface area contributed by atoms with Gasteiger partial charge in [-0.3, -0.25) is 9.35 Å². The van der Waals surface area contributed by atoms with E-state index in [1.54, 1.807) is 30.3 Å². The van der Waals surface area contributed by atoms with Crippen LogP contribution in [0.3, 0.4) is 0 Å². The Hall–Kier alpha value is -2.09. The van der Waals surface area contributed by atoms with Crippen molar-refractivity contribution in [3.63, 3.8) is 0 Å². The molecule has 0 radical (unpaired) electrons. The summed E-state index contributed by atoms with van der Waals surface area (Å²) >= 11 is 5.82. The lowest BCUT2D eigenvalue weighted by Gasteiger charge is -2.20. The molecule has 0 unspecified atom stereocenters. The number of anilines is 2. The fraction of sp³-hybridized carbons (Fsp3) is 0.133.